The Hall–Kier alpha value is -1.87. The lowest BCUT2D eigenvalue weighted by atomic mass is 9.95. The Morgan fingerprint density at radius 1 is 1.19 bits per heavy atom. The number of hydrogen-bond donors (Lipinski definition) is 1. The molecule has 1 unspecified atom stereocenters. The molecule has 0 saturated carbocycles. The van der Waals surface area contributed by atoms with E-state index in [1.165, 1.54) is 16.7 Å². The molecule has 0 spiro atoms. The van der Waals surface area contributed by atoms with Crippen molar-refractivity contribution in [3.05, 3.63) is 58.9 Å². The minimum atomic E-state index is 0.235. The number of likely N-dealkylation sites (N-methyl/N-ethyl adjacent to an activating group) is 1. The summed E-state index contributed by atoms with van der Waals surface area (Å²) in [5, 5.41) is 3.39. The van der Waals surface area contributed by atoms with Crippen LogP contribution in [0.3, 0.4) is 0 Å². The molecule has 21 heavy (non-hydrogen) atoms. The van der Waals surface area contributed by atoms with Gasteiger partial charge in [-0.3, -0.25) is 4.98 Å². The maximum absolute atomic E-state index is 5.54. The number of ether oxygens (including phenoxy) is 1. The van der Waals surface area contributed by atoms with E-state index in [2.05, 4.69) is 48.4 Å². The Kier molecular flexibility index (Phi) is 5.34. The highest BCUT2D eigenvalue weighted by atomic mass is 16.5. The maximum Gasteiger partial charge on any atom is 0.137 e. The van der Waals surface area contributed by atoms with Crippen LogP contribution in [0.1, 0.15) is 35.2 Å². The number of pyridine rings is 1. The van der Waals surface area contributed by atoms with Crippen LogP contribution in [0, 0.1) is 13.8 Å². The van der Waals surface area contributed by atoms with Crippen molar-refractivity contribution in [3.63, 3.8) is 0 Å². The standard InChI is InChI=1S/C18H24N2O/c1-5-21-17-9-16(11-20-12-17)18(19-4)10-15-8-13(2)6-7-14(15)3/h6-9,11-12,18-19H,5,10H2,1-4H3. The number of aryl methyl sites for hydroxylation is 2. The fraction of sp³-hybridized carbons (Fsp3) is 0.389. The second-order valence-corrected chi connectivity index (χ2v) is 5.36. The Bertz CT molecular complexity index is 596. The van der Waals surface area contributed by atoms with Crippen molar-refractivity contribution >= 4 is 0 Å². The quantitative estimate of drug-likeness (QED) is 0.880. The van der Waals surface area contributed by atoms with Gasteiger partial charge in [0.15, 0.2) is 0 Å². The molecule has 0 aliphatic carbocycles. The van der Waals surface area contributed by atoms with Crippen LogP contribution in [0.5, 0.6) is 5.75 Å². The van der Waals surface area contributed by atoms with Crippen molar-refractivity contribution in [3.8, 4) is 5.75 Å². The maximum atomic E-state index is 5.54. The molecule has 1 atom stereocenters. The van der Waals surface area contributed by atoms with Crippen LogP contribution < -0.4 is 10.1 Å². The molecule has 2 rings (SSSR count). The van der Waals surface area contributed by atoms with Gasteiger partial charge in [0.2, 0.25) is 0 Å². The molecule has 112 valence electrons. The summed E-state index contributed by atoms with van der Waals surface area (Å²) >= 11 is 0. The highest BCUT2D eigenvalue weighted by Crippen LogP contribution is 2.23. The first-order valence-electron chi connectivity index (χ1n) is 7.45. The summed E-state index contributed by atoms with van der Waals surface area (Å²) in [7, 11) is 1.99. The molecular weight excluding hydrogens is 260 g/mol. The number of nitrogens with zero attached hydrogens (tertiary/aromatic N) is 1. The zero-order valence-electron chi connectivity index (χ0n) is 13.3. The minimum Gasteiger partial charge on any atom is -0.492 e. The summed E-state index contributed by atoms with van der Waals surface area (Å²) in [6.45, 7) is 6.94. The average molecular weight is 284 g/mol. The van der Waals surface area contributed by atoms with E-state index in [1.807, 2.05) is 20.2 Å². The largest absolute Gasteiger partial charge is 0.492 e. The lowest BCUT2D eigenvalue weighted by molar-refractivity contribution is 0.338. The van der Waals surface area contributed by atoms with Crippen molar-refractivity contribution in [2.45, 2.75) is 33.2 Å². The molecule has 1 aromatic carbocycles. The summed E-state index contributed by atoms with van der Waals surface area (Å²) in [6.07, 6.45) is 4.62. The second-order valence-electron chi connectivity index (χ2n) is 5.36. The zero-order chi connectivity index (χ0) is 15.2. The first-order valence-corrected chi connectivity index (χ1v) is 7.45. The molecule has 0 aliphatic heterocycles. The van der Waals surface area contributed by atoms with Gasteiger partial charge in [-0.2, -0.15) is 0 Å². The minimum absolute atomic E-state index is 0.235. The third-order valence-electron chi connectivity index (χ3n) is 3.72. The zero-order valence-corrected chi connectivity index (χ0v) is 13.3. The number of hydrogen-bond acceptors (Lipinski definition) is 3. The molecule has 3 nitrogen and oxygen atoms in total. The van der Waals surface area contributed by atoms with Crippen LogP contribution in [0.15, 0.2) is 36.7 Å². The highest BCUT2D eigenvalue weighted by Gasteiger charge is 2.13. The summed E-state index contributed by atoms with van der Waals surface area (Å²) in [5.74, 6) is 0.830. The molecule has 0 radical (unpaired) electrons. The number of rotatable bonds is 6. The summed E-state index contributed by atoms with van der Waals surface area (Å²) < 4.78 is 5.54. The fourth-order valence-electron chi connectivity index (χ4n) is 2.50. The van der Waals surface area contributed by atoms with Crippen LogP contribution in [0.2, 0.25) is 0 Å². The van der Waals surface area contributed by atoms with Crippen molar-refractivity contribution in [2.24, 2.45) is 0 Å². The van der Waals surface area contributed by atoms with Gasteiger partial charge < -0.3 is 10.1 Å². The van der Waals surface area contributed by atoms with E-state index in [0.29, 0.717) is 6.61 Å². The predicted molar refractivity (Wildman–Crippen MR) is 86.8 cm³/mol. The highest BCUT2D eigenvalue weighted by molar-refractivity contribution is 5.33. The molecular formula is C18H24N2O. The van der Waals surface area contributed by atoms with E-state index in [4.69, 9.17) is 4.74 Å². The Morgan fingerprint density at radius 3 is 2.71 bits per heavy atom. The van der Waals surface area contributed by atoms with Gasteiger partial charge in [0.25, 0.3) is 0 Å². The predicted octanol–water partition coefficient (Wildman–Crippen LogP) is 3.60. The monoisotopic (exact) mass is 284 g/mol. The molecule has 0 fully saturated rings. The lowest BCUT2D eigenvalue weighted by Crippen LogP contribution is -2.19. The van der Waals surface area contributed by atoms with Gasteiger partial charge in [-0.25, -0.2) is 0 Å². The third kappa shape index (κ3) is 4.05. The van der Waals surface area contributed by atoms with Gasteiger partial charge in [-0.05, 0) is 57.0 Å². The smallest absolute Gasteiger partial charge is 0.137 e. The van der Waals surface area contributed by atoms with Gasteiger partial charge in [0, 0.05) is 12.2 Å². The Morgan fingerprint density at radius 2 is 2.00 bits per heavy atom. The van der Waals surface area contributed by atoms with Gasteiger partial charge >= 0.3 is 0 Å². The molecule has 2 aromatic rings. The van der Waals surface area contributed by atoms with Crippen LogP contribution in [0.25, 0.3) is 0 Å². The molecule has 1 N–H and O–H groups in total. The van der Waals surface area contributed by atoms with Gasteiger partial charge in [-0.1, -0.05) is 23.8 Å². The summed E-state index contributed by atoms with van der Waals surface area (Å²) in [6, 6.07) is 8.91. The first kappa shape index (κ1) is 15.5. The molecule has 3 heteroatoms. The van der Waals surface area contributed by atoms with Gasteiger partial charge in [0.05, 0.1) is 12.8 Å². The van der Waals surface area contributed by atoms with Crippen LogP contribution in [-0.2, 0) is 6.42 Å². The second kappa shape index (κ2) is 7.23. The van der Waals surface area contributed by atoms with Crippen LogP contribution >= 0.6 is 0 Å². The number of nitrogens with one attached hydrogen (secondary N) is 1. The first-order chi connectivity index (χ1) is 10.1. The van der Waals surface area contributed by atoms with E-state index < -0.39 is 0 Å². The summed E-state index contributed by atoms with van der Waals surface area (Å²) in [4.78, 5) is 4.29. The molecule has 1 heterocycles. The van der Waals surface area contributed by atoms with Crippen molar-refractivity contribution in [1.82, 2.24) is 10.3 Å². The summed E-state index contributed by atoms with van der Waals surface area (Å²) in [5.41, 5.74) is 5.15. The SMILES string of the molecule is CCOc1cncc(C(Cc2cc(C)ccc2C)NC)c1. The van der Waals surface area contributed by atoms with Crippen LogP contribution in [-0.4, -0.2) is 18.6 Å². The normalized spacial score (nSPS) is 12.2. The molecule has 0 amide bonds. The van der Waals surface area contributed by atoms with Gasteiger partial charge in [0.1, 0.15) is 5.75 Å². The molecule has 0 saturated heterocycles. The fourth-order valence-corrected chi connectivity index (χ4v) is 2.50. The Balaban J connectivity index is 2.23. The molecule has 0 aliphatic rings. The van der Waals surface area contributed by atoms with Gasteiger partial charge in [-0.15, -0.1) is 0 Å². The lowest BCUT2D eigenvalue weighted by Gasteiger charge is -2.19. The van der Waals surface area contributed by atoms with E-state index in [1.54, 1.807) is 6.20 Å². The van der Waals surface area contributed by atoms with E-state index in [9.17, 15) is 0 Å². The van der Waals surface area contributed by atoms with Crippen LogP contribution in [0.4, 0.5) is 0 Å². The van der Waals surface area contributed by atoms with Crippen molar-refractivity contribution < 1.29 is 4.74 Å². The van der Waals surface area contributed by atoms with E-state index in [-0.39, 0.29) is 6.04 Å². The van der Waals surface area contributed by atoms with Crippen molar-refractivity contribution in [2.75, 3.05) is 13.7 Å². The molecule has 0 bridgehead atoms. The van der Waals surface area contributed by atoms with Crippen molar-refractivity contribution in [1.29, 1.82) is 0 Å². The topological polar surface area (TPSA) is 34.1 Å². The average Bonchev–Trinajstić information content (AvgIpc) is 2.49. The number of benzene rings is 1. The van der Waals surface area contributed by atoms with E-state index in [0.717, 1.165) is 17.7 Å². The van der Waals surface area contributed by atoms with E-state index >= 15 is 0 Å². The number of aromatic nitrogens is 1. The third-order valence-corrected chi connectivity index (χ3v) is 3.72. The Labute approximate surface area is 127 Å². The molecule has 1 aromatic heterocycles.